The molecule has 118 valence electrons. The Labute approximate surface area is 126 Å². The summed E-state index contributed by atoms with van der Waals surface area (Å²) in [6.45, 7) is 8.44. The van der Waals surface area contributed by atoms with E-state index in [4.69, 9.17) is 4.74 Å². The van der Waals surface area contributed by atoms with E-state index in [1.54, 1.807) is 12.1 Å². The summed E-state index contributed by atoms with van der Waals surface area (Å²) in [4.78, 5) is 4.85. The second-order valence-corrected chi connectivity index (χ2v) is 5.55. The second kappa shape index (κ2) is 8.97. The molecule has 0 saturated carbocycles. The molecule has 0 aromatic heterocycles. The lowest BCUT2D eigenvalue weighted by molar-refractivity contribution is 0.197. The van der Waals surface area contributed by atoms with Crippen LogP contribution in [0.1, 0.15) is 6.42 Å². The van der Waals surface area contributed by atoms with Crippen molar-refractivity contribution in [3.05, 3.63) is 30.1 Å². The molecule has 1 heterocycles. The number of hydrogen-bond donors (Lipinski definition) is 1. The summed E-state index contributed by atoms with van der Waals surface area (Å²) < 4.78 is 18.3. The Morgan fingerprint density at radius 3 is 2.62 bits per heavy atom. The van der Waals surface area contributed by atoms with E-state index in [2.05, 4.69) is 22.2 Å². The molecule has 1 aliphatic heterocycles. The fraction of sp³-hybridized carbons (Fsp3) is 0.625. The van der Waals surface area contributed by atoms with E-state index in [0.29, 0.717) is 6.61 Å². The SMILES string of the molecule is CN(CCCOc1ccc(F)cc1)CCN1CCNCC1. The summed E-state index contributed by atoms with van der Waals surface area (Å²) in [6, 6.07) is 6.19. The van der Waals surface area contributed by atoms with E-state index in [-0.39, 0.29) is 5.82 Å². The third kappa shape index (κ3) is 6.42. The summed E-state index contributed by atoms with van der Waals surface area (Å²) in [5, 5.41) is 3.37. The highest BCUT2D eigenvalue weighted by Crippen LogP contribution is 2.11. The first-order valence-electron chi connectivity index (χ1n) is 7.74. The molecule has 0 aliphatic carbocycles. The van der Waals surface area contributed by atoms with Crippen LogP contribution in [0.4, 0.5) is 4.39 Å². The molecule has 21 heavy (non-hydrogen) atoms. The van der Waals surface area contributed by atoms with Crippen LogP contribution in [-0.2, 0) is 0 Å². The van der Waals surface area contributed by atoms with Crippen LogP contribution >= 0.6 is 0 Å². The maximum atomic E-state index is 12.7. The Hall–Kier alpha value is -1.17. The van der Waals surface area contributed by atoms with Gasteiger partial charge >= 0.3 is 0 Å². The van der Waals surface area contributed by atoms with E-state index < -0.39 is 0 Å². The normalized spacial score (nSPS) is 16.3. The minimum absolute atomic E-state index is 0.227. The van der Waals surface area contributed by atoms with Crippen molar-refractivity contribution in [2.45, 2.75) is 6.42 Å². The monoisotopic (exact) mass is 295 g/mol. The third-order valence-corrected chi connectivity index (χ3v) is 3.77. The molecule has 1 fully saturated rings. The van der Waals surface area contributed by atoms with Crippen LogP contribution in [0.15, 0.2) is 24.3 Å². The van der Waals surface area contributed by atoms with Gasteiger partial charge in [0.05, 0.1) is 6.61 Å². The third-order valence-electron chi connectivity index (χ3n) is 3.77. The summed E-state index contributed by atoms with van der Waals surface area (Å²) in [7, 11) is 2.15. The molecule has 5 heteroatoms. The van der Waals surface area contributed by atoms with Crippen molar-refractivity contribution in [3.63, 3.8) is 0 Å². The second-order valence-electron chi connectivity index (χ2n) is 5.55. The lowest BCUT2D eigenvalue weighted by Crippen LogP contribution is -2.46. The summed E-state index contributed by atoms with van der Waals surface area (Å²) in [5.41, 5.74) is 0. The van der Waals surface area contributed by atoms with E-state index in [1.807, 2.05) is 0 Å². The zero-order valence-corrected chi connectivity index (χ0v) is 12.9. The highest BCUT2D eigenvalue weighted by Gasteiger charge is 2.09. The first-order chi connectivity index (χ1) is 10.2. The summed E-state index contributed by atoms with van der Waals surface area (Å²) in [6.07, 6.45) is 0.982. The lowest BCUT2D eigenvalue weighted by atomic mass is 10.3. The molecule has 0 amide bonds. The molecular weight excluding hydrogens is 269 g/mol. The maximum Gasteiger partial charge on any atom is 0.123 e. The highest BCUT2D eigenvalue weighted by atomic mass is 19.1. The van der Waals surface area contributed by atoms with E-state index in [9.17, 15) is 4.39 Å². The van der Waals surface area contributed by atoms with Gasteiger partial charge in [-0.2, -0.15) is 0 Å². The molecule has 0 spiro atoms. The zero-order valence-electron chi connectivity index (χ0n) is 12.9. The van der Waals surface area contributed by atoms with Gasteiger partial charge in [0.25, 0.3) is 0 Å². The van der Waals surface area contributed by atoms with Crippen molar-refractivity contribution in [2.24, 2.45) is 0 Å². The Bertz CT molecular complexity index is 393. The number of halogens is 1. The molecule has 1 aliphatic rings. The quantitative estimate of drug-likeness (QED) is 0.734. The number of ether oxygens (including phenoxy) is 1. The standard InChI is InChI=1S/C16H26FN3O/c1-19(12-13-20-10-7-18-8-11-20)9-2-14-21-16-5-3-15(17)4-6-16/h3-6,18H,2,7-14H2,1H3. The average molecular weight is 295 g/mol. The average Bonchev–Trinajstić information content (AvgIpc) is 2.52. The van der Waals surface area contributed by atoms with Gasteiger partial charge in [-0.15, -0.1) is 0 Å². The van der Waals surface area contributed by atoms with Crippen molar-refractivity contribution in [3.8, 4) is 5.75 Å². The zero-order chi connectivity index (χ0) is 14.9. The fourth-order valence-corrected chi connectivity index (χ4v) is 2.41. The van der Waals surface area contributed by atoms with Crippen LogP contribution in [0.3, 0.4) is 0 Å². The molecule has 4 nitrogen and oxygen atoms in total. The van der Waals surface area contributed by atoms with Gasteiger partial charge in [-0.3, -0.25) is 4.90 Å². The lowest BCUT2D eigenvalue weighted by Gasteiger charge is -2.29. The van der Waals surface area contributed by atoms with E-state index in [1.165, 1.54) is 12.1 Å². The van der Waals surface area contributed by atoms with Gasteiger partial charge in [0, 0.05) is 45.8 Å². The van der Waals surface area contributed by atoms with E-state index in [0.717, 1.165) is 58.0 Å². The Kier molecular flexibility index (Phi) is 6.92. The van der Waals surface area contributed by atoms with Crippen LogP contribution in [0.5, 0.6) is 5.75 Å². The van der Waals surface area contributed by atoms with Gasteiger partial charge in [0.15, 0.2) is 0 Å². The molecule has 0 bridgehead atoms. The molecule has 1 aromatic carbocycles. The number of benzene rings is 1. The van der Waals surface area contributed by atoms with Crippen molar-refractivity contribution in [2.75, 3.05) is 59.5 Å². The minimum atomic E-state index is -0.227. The Morgan fingerprint density at radius 1 is 1.19 bits per heavy atom. The van der Waals surface area contributed by atoms with Crippen LogP contribution < -0.4 is 10.1 Å². The number of rotatable bonds is 8. The largest absolute Gasteiger partial charge is 0.494 e. The summed E-state index contributed by atoms with van der Waals surface area (Å²) in [5.74, 6) is 0.509. The number of nitrogens with one attached hydrogen (secondary N) is 1. The van der Waals surface area contributed by atoms with Crippen LogP contribution in [-0.4, -0.2) is 69.3 Å². The van der Waals surface area contributed by atoms with Crippen molar-refractivity contribution in [1.29, 1.82) is 0 Å². The van der Waals surface area contributed by atoms with Crippen LogP contribution in [0.25, 0.3) is 0 Å². The first kappa shape index (κ1) is 16.2. The fourth-order valence-electron chi connectivity index (χ4n) is 2.41. The van der Waals surface area contributed by atoms with Crippen molar-refractivity contribution >= 4 is 0 Å². The Balaban J connectivity index is 1.52. The molecular formula is C16H26FN3O. The van der Waals surface area contributed by atoms with Crippen molar-refractivity contribution < 1.29 is 9.13 Å². The predicted molar refractivity (Wildman–Crippen MR) is 83.3 cm³/mol. The first-order valence-corrected chi connectivity index (χ1v) is 7.74. The van der Waals surface area contributed by atoms with Gasteiger partial charge < -0.3 is 15.0 Å². The number of piperazine rings is 1. The molecule has 0 unspecified atom stereocenters. The van der Waals surface area contributed by atoms with Gasteiger partial charge in [0.2, 0.25) is 0 Å². The van der Waals surface area contributed by atoms with Gasteiger partial charge in [-0.1, -0.05) is 0 Å². The van der Waals surface area contributed by atoms with E-state index >= 15 is 0 Å². The number of likely N-dealkylation sites (N-methyl/N-ethyl adjacent to an activating group) is 1. The van der Waals surface area contributed by atoms with Crippen molar-refractivity contribution in [1.82, 2.24) is 15.1 Å². The molecule has 0 atom stereocenters. The van der Waals surface area contributed by atoms with Gasteiger partial charge in [0.1, 0.15) is 11.6 Å². The smallest absolute Gasteiger partial charge is 0.123 e. The molecule has 0 radical (unpaired) electrons. The molecule has 2 rings (SSSR count). The minimum Gasteiger partial charge on any atom is -0.494 e. The van der Waals surface area contributed by atoms with Gasteiger partial charge in [-0.25, -0.2) is 4.39 Å². The van der Waals surface area contributed by atoms with Gasteiger partial charge in [-0.05, 0) is 37.7 Å². The predicted octanol–water partition coefficient (Wildman–Crippen LogP) is 1.43. The maximum absolute atomic E-state index is 12.7. The molecule has 1 saturated heterocycles. The number of hydrogen-bond acceptors (Lipinski definition) is 4. The Morgan fingerprint density at radius 2 is 1.90 bits per heavy atom. The van der Waals surface area contributed by atoms with Crippen LogP contribution in [0.2, 0.25) is 0 Å². The number of nitrogens with zero attached hydrogens (tertiary/aromatic N) is 2. The summed E-state index contributed by atoms with van der Waals surface area (Å²) >= 11 is 0. The molecule has 1 N–H and O–H groups in total. The highest BCUT2D eigenvalue weighted by molar-refractivity contribution is 5.21. The molecule has 1 aromatic rings. The topological polar surface area (TPSA) is 27.7 Å². The van der Waals surface area contributed by atoms with Crippen LogP contribution in [0, 0.1) is 5.82 Å².